The van der Waals surface area contributed by atoms with Crippen LogP contribution in [-0.2, 0) is 4.79 Å². The molecular formula is C33H63NO3. The third kappa shape index (κ3) is 26.3. The first-order valence-corrected chi connectivity index (χ1v) is 16.1. The van der Waals surface area contributed by atoms with E-state index in [1.54, 1.807) is 6.08 Å². The van der Waals surface area contributed by atoms with Crippen LogP contribution < -0.4 is 5.32 Å². The van der Waals surface area contributed by atoms with Crippen molar-refractivity contribution < 1.29 is 15.0 Å². The molecule has 0 rings (SSSR count). The first-order valence-electron chi connectivity index (χ1n) is 16.1. The molecule has 0 aliphatic carbocycles. The second kappa shape index (κ2) is 29.4. The summed E-state index contributed by atoms with van der Waals surface area (Å²) in [5.41, 5.74) is 0. The minimum Gasteiger partial charge on any atom is -0.394 e. The van der Waals surface area contributed by atoms with Gasteiger partial charge in [0, 0.05) is 6.42 Å². The van der Waals surface area contributed by atoms with Crippen LogP contribution in [0.5, 0.6) is 0 Å². The zero-order valence-corrected chi connectivity index (χ0v) is 24.7. The number of amides is 1. The van der Waals surface area contributed by atoms with Gasteiger partial charge in [-0.05, 0) is 38.5 Å². The van der Waals surface area contributed by atoms with Gasteiger partial charge in [0.1, 0.15) is 0 Å². The van der Waals surface area contributed by atoms with E-state index in [1.165, 1.54) is 109 Å². The predicted molar refractivity (Wildman–Crippen MR) is 161 cm³/mol. The lowest BCUT2D eigenvalue weighted by molar-refractivity contribution is -0.123. The molecule has 0 bridgehead atoms. The van der Waals surface area contributed by atoms with E-state index in [1.807, 2.05) is 6.08 Å². The van der Waals surface area contributed by atoms with E-state index >= 15 is 0 Å². The maximum Gasteiger partial charge on any atom is 0.220 e. The highest BCUT2D eigenvalue weighted by Gasteiger charge is 2.17. The average Bonchev–Trinajstić information content (AvgIpc) is 2.90. The minimum absolute atomic E-state index is 0.0769. The monoisotopic (exact) mass is 521 g/mol. The number of rotatable bonds is 28. The zero-order valence-electron chi connectivity index (χ0n) is 24.7. The first kappa shape index (κ1) is 35.9. The summed E-state index contributed by atoms with van der Waals surface area (Å²) in [6.07, 6.45) is 35.8. The van der Waals surface area contributed by atoms with Gasteiger partial charge in [-0.3, -0.25) is 4.79 Å². The number of hydrogen-bond acceptors (Lipinski definition) is 3. The largest absolute Gasteiger partial charge is 0.394 e. The van der Waals surface area contributed by atoms with E-state index in [4.69, 9.17) is 0 Å². The fourth-order valence-electron chi connectivity index (χ4n) is 4.63. The van der Waals surface area contributed by atoms with Crippen molar-refractivity contribution in [1.82, 2.24) is 5.32 Å². The molecule has 0 saturated heterocycles. The summed E-state index contributed by atoms with van der Waals surface area (Å²) in [5, 5.41) is 22.4. The number of carbonyl (C=O) groups is 1. The molecule has 0 aromatic carbocycles. The predicted octanol–water partition coefficient (Wildman–Crippen LogP) is 8.95. The van der Waals surface area contributed by atoms with Crippen molar-refractivity contribution in [2.75, 3.05) is 6.61 Å². The summed E-state index contributed by atoms with van der Waals surface area (Å²) in [6, 6.07) is -0.615. The molecule has 2 atom stereocenters. The Morgan fingerprint density at radius 1 is 0.622 bits per heavy atom. The van der Waals surface area contributed by atoms with Crippen molar-refractivity contribution in [2.24, 2.45) is 0 Å². The van der Waals surface area contributed by atoms with Crippen molar-refractivity contribution in [3.8, 4) is 0 Å². The first-order chi connectivity index (χ1) is 18.2. The summed E-state index contributed by atoms with van der Waals surface area (Å²) in [7, 11) is 0. The topological polar surface area (TPSA) is 69.6 Å². The van der Waals surface area contributed by atoms with Gasteiger partial charge in [-0.15, -0.1) is 0 Å². The van der Waals surface area contributed by atoms with Gasteiger partial charge in [0.15, 0.2) is 0 Å². The molecule has 4 heteroatoms. The summed E-state index contributed by atoms with van der Waals surface area (Å²) < 4.78 is 0. The molecule has 1 amide bonds. The molecular weight excluding hydrogens is 458 g/mol. The van der Waals surface area contributed by atoms with E-state index < -0.39 is 12.1 Å². The quantitative estimate of drug-likeness (QED) is 0.0711. The molecule has 0 aliphatic heterocycles. The molecule has 0 aromatic heterocycles. The van der Waals surface area contributed by atoms with E-state index in [0.29, 0.717) is 6.42 Å². The van der Waals surface area contributed by atoms with Crippen LogP contribution in [0.15, 0.2) is 24.3 Å². The number of aliphatic hydroxyl groups excluding tert-OH is 2. The van der Waals surface area contributed by atoms with Crippen molar-refractivity contribution in [3.63, 3.8) is 0 Å². The molecule has 2 unspecified atom stereocenters. The molecule has 0 aliphatic rings. The highest BCUT2D eigenvalue weighted by atomic mass is 16.3. The zero-order chi connectivity index (χ0) is 27.2. The summed E-state index contributed by atoms with van der Waals surface area (Å²) in [6.45, 7) is 4.16. The Hall–Kier alpha value is -1.13. The van der Waals surface area contributed by atoms with Crippen molar-refractivity contribution in [3.05, 3.63) is 24.3 Å². The van der Waals surface area contributed by atoms with Crippen LogP contribution in [0.1, 0.15) is 162 Å². The fourth-order valence-corrected chi connectivity index (χ4v) is 4.63. The molecule has 4 nitrogen and oxygen atoms in total. The van der Waals surface area contributed by atoms with Crippen LogP contribution in [-0.4, -0.2) is 34.9 Å². The van der Waals surface area contributed by atoms with Crippen LogP contribution in [0.4, 0.5) is 0 Å². The van der Waals surface area contributed by atoms with Crippen LogP contribution in [0, 0.1) is 0 Å². The normalized spacial score (nSPS) is 13.5. The lowest BCUT2D eigenvalue weighted by atomic mass is 10.0. The molecule has 0 aromatic rings. The standard InChI is InChI=1S/C33H63NO3/c1-3-5-7-9-10-11-12-13-14-15-16-17-18-19-20-21-22-23-24-25-27-29-33(37)34-31(30-35)32(36)28-26-8-6-4-2/h15-16,26,28,31-32,35-36H,3-14,17-25,27,29-30H2,1-2H3,(H,34,37)/b16-15-,28-26+. The van der Waals surface area contributed by atoms with Gasteiger partial charge in [0.05, 0.1) is 18.8 Å². The molecule has 3 N–H and O–H groups in total. The Morgan fingerprint density at radius 3 is 1.54 bits per heavy atom. The SMILES string of the molecule is CCCC/C=C/C(O)C(CO)NC(=O)CCCCCCCCCCC/C=C\CCCCCCCCCC. The average molecular weight is 522 g/mol. The third-order valence-corrected chi connectivity index (χ3v) is 7.18. The molecule has 0 heterocycles. The number of carbonyl (C=O) groups excluding carboxylic acids is 1. The van der Waals surface area contributed by atoms with E-state index in [2.05, 4.69) is 31.3 Å². The Kier molecular flexibility index (Phi) is 28.5. The smallest absolute Gasteiger partial charge is 0.220 e. The van der Waals surface area contributed by atoms with Gasteiger partial charge in [-0.1, -0.05) is 141 Å². The maximum absolute atomic E-state index is 12.1. The molecule has 0 fully saturated rings. The Morgan fingerprint density at radius 2 is 1.05 bits per heavy atom. The second-order valence-corrected chi connectivity index (χ2v) is 10.9. The molecule has 0 saturated carbocycles. The van der Waals surface area contributed by atoms with Gasteiger partial charge in [0.2, 0.25) is 5.91 Å². The van der Waals surface area contributed by atoms with E-state index in [9.17, 15) is 15.0 Å². The van der Waals surface area contributed by atoms with Gasteiger partial charge in [0.25, 0.3) is 0 Å². The lowest BCUT2D eigenvalue weighted by Gasteiger charge is -2.19. The van der Waals surface area contributed by atoms with Crippen molar-refractivity contribution >= 4 is 5.91 Å². The van der Waals surface area contributed by atoms with Gasteiger partial charge >= 0.3 is 0 Å². The maximum atomic E-state index is 12.1. The third-order valence-electron chi connectivity index (χ3n) is 7.18. The second-order valence-electron chi connectivity index (χ2n) is 10.9. The minimum atomic E-state index is -0.832. The van der Waals surface area contributed by atoms with Gasteiger partial charge < -0.3 is 15.5 Å². The van der Waals surface area contributed by atoms with Gasteiger partial charge in [-0.25, -0.2) is 0 Å². The summed E-state index contributed by atoms with van der Waals surface area (Å²) in [4.78, 5) is 12.1. The fraction of sp³-hybridized carbons (Fsp3) is 0.848. The highest BCUT2D eigenvalue weighted by Crippen LogP contribution is 2.13. The van der Waals surface area contributed by atoms with Crippen LogP contribution in [0.3, 0.4) is 0 Å². The van der Waals surface area contributed by atoms with Gasteiger partial charge in [-0.2, -0.15) is 0 Å². The molecule has 0 spiro atoms. The Bertz CT molecular complexity index is 532. The number of aliphatic hydroxyl groups is 2. The lowest BCUT2D eigenvalue weighted by Crippen LogP contribution is -2.45. The molecule has 37 heavy (non-hydrogen) atoms. The van der Waals surface area contributed by atoms with E-state index in [0.717, 1.165) is 32.1 Å². The number of allylic oxidation sites excluding steroid dienone is 3. The summed E-state index contributed by atoms with van der Waals surface area (Å²) in [5.74, 6) is -0.0769. The van der Waals surface area contributed by atoms with Crippen molar-refractivity contribution in [1.29, 1.82) is 0 Å². The number of hydrogen-bond donors (Lipinski definition) is 3. The van der Waals surface area contributed by atoms with Crippen LogP contribution in [0.2, 0.25) is 0 Å². The Balaban J connectivity index is 3.46. The molecule has 0 radical (unpaired) electrons. The van der Waals surface area contributed by atoms with Crippen LogP contribution in [0.25, 0.3) is 0 Å². The molecule has 218 valence electrons. The summed E-state index contributed by atoms with van der Waals surface area (Å²) >= 11 is 0. The highest BCUT2D eigenvalue weighted by molar-refractivity contribution is 5.76. The van der Waals surface area contributed by atoms with Crippen LogP contribution >= 0.6 is 0 Å². The Labute approximate surface area is 230 Å². The number of unbranched alkanes of at least 4 members (excludes halogenated alkanes) is 19. The van der Waals surface area contributed by atoms with Crippen molar-refractivity contribution in [2.45, 2.75) is 174 Å². The number of nitrogens with one attached hydrogen (secondary N) is 1. The van der Waals surface area contributed by atoms with E-state index in [-0.39, 0.29) is 12.5 Å².